The van der Waals surface area contributed by atoms with Crippen molar-refractivity contribution in [1.82, 2.24) is 5.01 Å². The van der Waals surface area contributed by atoms with Crippen molar-refractivity contribution in [3.63, 3.8) is 0 Å². The number of hydrogen-bond acceptors (Lipinski definition) is 6. The highest BCUT2D eigenvalue weighted by Crippen LogP contribution is 2.30. The minimum atomic E-state index is -1.46. The summed E-state index contributed by atoms with van der Waals surface area (Å²) < 4.78 is 5.08. The first kappa shape index (κ1) is 20.2. The maximum atomic E-state index is 12.3. The first-order valence-corrected chi connectivity index (χ1v) is 8.80. The van der Waals surface area contributed by atoms with Crippen LogP contribution >= 0.6 is 0 Å². The van der Waals surface area contributed by atoms with Crippen molar-refractivity contribution in [3.05, 3.63) is 23.8 Å². The molecule has 0 radical (unpaired) electrons. The highest BCUT2D eigenvalue weighted by molar-refractivity contribution is 6.08. The minimum absolute atomic E-state index is 0.0353. The summed E-state index contributed by atoms with van der Waals surface area (Å²) in [6.07, 6.45) is -1.54. The van der Waals surface area contributed by atoms with Gasteiger partial charge >= 0.3 is 12.1 Å². The third-order valence-corrected chi connectivity index (χ3v) is 4.23. The number of carbonyl (C=O) groups is 4. The third-order valence-electron chi connectivity index (χ3n) is 4.23. The molecule has 1 fully saturated rings. The maximum Gasteiger partial charge on any atom is 0.431 e. The van der Waals surface area contributed by atoms with Crippen LogP contribution in [0.4, 0.5) is 16.2 Å². The zero-order valence-corrected chi connectivity index (χ0v) is 15.6. The Morgan fingerprint density at radius 1 is 1.11 bits per heavy atom. The lowest BCUT2D eigenvalue weighted by Gasteiger charge is -2.29. The SMILES string of the molecule is CCOC(=O)c1ccc(N(C(=O)O)N2C(=O)CCC2=O)cc1N(CC)CC. The van der Waals surface area contributed by atoms with Crippen molar-refractivity contribution in [2.45, 2.75) is 33.6 Å². The van der Waals surface area contributed by atoms with E-state index in [9.17, 15) is 24.3 Å². The van der Waals surface area contributed by atoms with Gasteiger partial charge in [-0.15, -0.1) is 0 Å². The van der Waals surface area contributed by atoms with E-state index in [4.69, 9.17) is 4.74 Å². The molecule has 0 bridgehead atoms. The highest BCUT2D eigenvalue weighted by Gasteiger charge is 2.38. The molecule has 9 nitrogen and oxygen atoms in total. The summed E-state index contributed by atoms with van der Waals surface area (Å²) >= 11 is 0. The van der Waals surface area contributed by atoms with Gasteiger partial charge in [-0.1, -0.05) is 0 Å². The lowest BCUT2D eigenvalue weighted by molar-refractivity contribution is -0.138. The number of hydrogen-bond donors (Lipinski definition) is 1. The van der Waals surface area contributed by atoms with Gasteiger partial charge in [0.1, 0.15) is 0 Å². The van der Waals surface area contributed by atoms with E-state index in [-0.39, 0.29) is 30.7 Å². The van der Waals surface area contributed by atoms with Gasteiger partial charge in [0.2, 0.25) is 11.8 Å². The molecule has 0 saturated carbocycles. The van der Waals surface area contributed by atoms with Crippen LogP contribution in [0.5, 0.6) is 0 Å². The summed E-state index contributed by atoms with van der Waals surface area (Å²) in [6, 6.07) is 4.31. The molecular weight excluding hydrogens is 354 g/mol. The number of benzene rings is 1. The number of esters is 1. The van der Waals surface area contributed by atoms with Crippen molar-refractivity contribution in [2.24, 2.45) is 0 Å². The molecule has 0 unspecified atom stereocenters. The van der Waals surface area contributed by atoms with Gasteiger partial charge in [-0.05, 0) is 39.0 Å². The standard InChI is InChI=1S/C18H23N3O6/c1-4-19(5-2)14-11-12(7-8-13(14)17(24)27-6-3)20(18(25)26)21-15(22)9-10-16(21)23/h7-8,11H,4-6,9-10H2,1-3H3,(H,25,26). The van der Waals surface area contributed by atoms with E-state index in [1.807, 2.05) is 18.7 Å². The Hall–Kier alpha value is -3.10. The van der Waals surface area contributed by atoms with Crippen LogP contribution < -0.4 is 9.91 Å². The van der Waals surface area contributed by atoms with Crippen molar-refractivity contribution in [1.29, 1.82) is 0 Å². The number of imide groups is 1. The molecule has 0 spiro atoms. The summed E-state index contributed by atoms with van der Waals surface area (Å²) in [4.78, 5) is 50.0. The number of carbonyl (C=O) groups excluding carboxylic acids is 3. The third kappa shape index (κ3) is 4.02. The van der Waals surface area contributed by atoms with Gasteiger partial charge in [0, 0.05) is 25.9 Å². The molecule has 0 atom stereocenters. The van der Waals surface area contributed by atoms with Crippen LogP contribution in [0.3, 0.4) is 0 Å². The summed E-state index contributed by atoms with van der Waals surface area (Å²) in [5.74, 6) is -1.69. The molecular formula is C18H23N3O6. The zero-order chi connectivity index (χ0) is 20.1. The first-order valence-electron chi connectivity index (χ1n) is 8.80. The van der Waals surface area contributed by atoms with Gasteiger partial charge in [-0.3, -0.25) is 9.59 Å². The molecule has 27 heavy (non-hydrogen) atoms. The monoisotopic (exact) mass is 377 g/mol. The average molecular weight is 377 g/mol. The van der Waals surface area contributed by atoms with Crippen LogP contribution in [0.25, 0.3) is 0 Å². The van der Waals surface area contributed by atoms with E-state index >= 15 is 0 Å². The van der Waals surface area contributed by atoms with Gasteiger partial charge in [-0.2, -0.15) is 10.0 Å². The van der Waals surface area contributed by atoms with E-state index in [1.54, 1.807) is 6.92 Å². The fraction of sp³-hybridized carbons (Fsp3) is 0.444. The Labute approximate surface area is 157 Å². The quantitative estimate of drug-likeness (QED) is 0.573. The van der Waals surface area contributed by atoms with Crippen LogP contribution in [-0.4, -0.2) is 53.7 Å². The molecule has 3 amide bonds. The predicted molar refractivity (Wildman–Crippen MR) is 97.6 cm³/mol. The molecule has 9 heteroatoms. The lowest BCUT2D eigenvalue weighted by atomic mass is 10.1. The molecule has 1 N–H and O–H groups in total. The molecule has 0 aromatic heterocycles. The van der Waals surface area contributed by atoms with Crippen LogP contribution in [0.1, 0.15) is 44.0 Å². The van der Waals surface area contributed by atoms with Crippen LogP contribution in [0.15, 0.2) is 18.2 Å². The molecule has 1 saturated heterocycles. The zero-order valence-electron chi connectivity index (χ0n) is 15.6. The van der Waals surface area contributed by atoms with Gasteiger partial charge < -0.3 is 14.7 Å². The topological polar surface area (TPSA) is 107 Å². The molecule has 0 aliphatic carbocycles. The Morgan fingerprint density at radius 2 is 1.70 bits per heavy atom. The number of anilines is 2. The Balaban J connectivity index is 2.56. The summed E-state index contributed by atoms with van der Waals surface area (Å²) in [6.45, 7) is 6.83. The van der Waals surface area contributed by atoms with E-state index in [1.165, 1.54) is 18.2 Å². The number of ether oxygens (including phenoxy) is 1. The second-order valence-electron chi connectivity index (χ2n) is 5.79. The van der Waals surface area contributed by atoms with E-state index in [2.05, 4.69) is 0 Å². The Bertz CT molecular complexity index is 743. The van der Waals surface area contributed by atoms with Gasteiger partial charge in [0.15, 0.2) is 0 Å². The molecule has 1 aliphatic heterocycles. The fourth-order valence-electron chi connectivity index (χ4n) is 2.96. The second-order valence-corrected chi connectivity index (χ2v) is 5.79. The normalized spacial score (nSPS) is 13.7. The summed E-state index contributed by atoms with van der Waals surface area (Å²) in [5, 5.41) is 10.9. The van der Waals surface area contributed by atoms with Crippen molar-refractivity contribution < 1.29 is 29.0 Å². The lowest BCUT2D eigenvalue weighted by Crippen LogP contribution is -2.49. The average Bonchev–Trinajstić information content (AvgIpc) is 2.95. The number of amides is 3. The summed E-state index contributed by atoms with van der Waals surface area (Å²) in [5.41, 5.74) is 0.857. The smallest absolute Gasteiger partial charge is 0.431 e. The molecule has 1 aromatic rings. The van der Waals surface area contributed by atoms with Crippen LogP contribution in [0, 0.1) is 0 Å². The number of rotatable bonds is 7. The van der Waals surface area contributed by atoms with Gasteiger partial charge in [-0.25, -0.2) is 9.59 Å². The Morgan fingerprint density at radius 3 is 2.19 bits per heavy atom. The van der Waals surface area contributed by atoms with Crippen molar-refractivity contribution >= 4 is 35.3 Å². The fourth-order valence-corrected chi connectivity index (χ4v) is 2.96. The van der Waals surface area contributed by atoms with Gasteiger partial charge in [0.05, 0.1) is 23.5 Å². The van der Waals surface area contributed by atoms with E-state index in [0.29, 0.717) is 28.8 Å². The van der Waals surface area contributed by atoms with Crippen LogP contribution in [0.2, 0.25) is 0 Å². The Kier molecular flexibility index (Phi) is 6.38. The van der Waals surface area contributed by atoms with Gasteiger partial charge in [0.25, 0.3) is 0 Å². The minimum Gasteiger partial charge on any atom is -0.463 e. The maximum absolute atomic E-state index is 12.3. The van der Waals surface area contributed by atoms with Crippen molar-refractivity contribution in [3.8, 4) is 0 Å². The molecule has 2 rings (SSSR count). The number of hydrazine groups is 1. The van der Waals surface area contributed by atoms with E-state index < -0.39 is 23.9 Å². The van der Waals surface area contributed by atoms with Crippen molar-refractivity contribution in [2.75, 3.05) is 29.6 Å². The molecule has 1 heterocycles. The van der Waals surface area contributed by atoms with E-state index in [0.717, 1.165) is 0 Å². The first-order chi connectivity index (χ1) is 12.8. The predicted octanol–water partition coefficient (Wildman–Crippen LogP) is 2.26. The number of nitrogens with zero attached hydrogens (tertiary/aromatic N) is 3. The largest absolute Gasteiger partial charge is 0.463 e. The highest BCUT2D eigenvalue weighted by atomic mass is 16.5. The van der Waals surface area contributed by atoms with Crippen LogP contribution in [-0.2, 0) is 14.3 Å². The number of carboxylic acid groups (broad SMARTS) is 1. The molecule has 1 aromatic carbocycles. The molecule has 1 aliphatic rings. The molecule has 146 valence electrons. The summed E-state index contributed by atoms with van der Waals surface area (Å²) in [7, 11) is 0. The second kappa shape index (κ2) is 8.52.